The Bertz CT molecular complexity index is 624. The zero-order valence-corrected chi connectivity index (χ0v) is 12.8. The van der Waals surface area contributed by atoms with Gasteiger partial charge in [-0.05, 0) is 31.5 Å². The Morgan fingerprint density at radius 3 is 2.78 bits per heavy atom. The Morgan fingerprint density at radius 2 is 2.04 bits per heavy atom. The highest BCUT2D eigenvalue weighted by molar-refractivity contribution is 5.80. The van der Waals surface area contributed by atoms with Crippen LogP contribution in [0.25, 0.3) is 0 Å². The normalized spacial score (nSPS) is 11.6. The van der Waals surface area contributed by atoms with Crippen LogP contribution < -0.4 is 15.4 Å². The lowest BCUT2D eigenvalue weighted by Gasteiger charge is -2.14. The Balaban J connectivity index is 1.64. The summed E-state index contributed by atoms with van der Waals surface area (Å²) in [7, 11) is 0. The molecule has 1 aromatic heterocycles. The number of amides is 1. The largest absolute Gasteiger partial charge is 0.481 e. The van der Waals surface area contributed by atoms with Crippen LogP contribution in [0.4, 0.5) is 10.3 Å². The molecule has 1 aromatic carbocycles. The van der Waals surface area contributed by atoms with Crippen molar-refractivity contribution in [3.63, 3.8) is 0 Å². The summed E-state index contributed by atoms with van der Waals surface area (Å²) in [6, 6.07) is 7.45. The molecule has 0 saturated carbocycles. The molecule has 1 heterocycles. The SMILES string of the molecule is CC(Oc1cccc(F)c1)C(=O)NCCCNc1ncccn1. The fraction of sp³-hybridized carbons (Fsp3) is 0.312. The summed E-state index contributed by atoms with van der Waals surface area (Å²) in [5, 5.41) is 5.81. The fourth-order valence-electron chi connectivity index (χ4n) is 1.83. The van der Waals surface area contributed by atoms with Crippen molar-refractivity contribution >= 4 is 11.9 Å². The maximum absolute atomic E-state index is 13.0. The van der Waals surface area contributed by atoms with Gasteiger partial charge in [0.2, 0.25) is 5.95 Å². The van der Waals surface area contributed by atoms with Gasteiger partial charge in [0, 0.05) is 31.5 Å². The van der Waals surface area contributed by atoms with E-state index in [1.165, 1.54) is 18.2 Å². The number of hydrogen-bond acceptors (Lipinski definition) is 5. The number of carbonyl (C=O) groups is 1. The Kier molecular flexibility index (Phi) is 6.28. The standard InChI is InChI=1S/C16H19FN4O2/c1-12(23-14-6-2-5-13(17)11-14)15(22)18-7-3-8-19-16-20-9-4-10-21-16/h2,4-6,9-12H,3,7-8H2,1H3,(H,18,22)(H,19,20,21). The van der Waals surface area contributed by atoms with Gasteiger partial charge in [-0.25, -0.2) is 14.4 Å². The molecule has 1 unspecified atom stereocenters. The molecule has 122 valence electrons. The topological polar surface area (TPSA) is 76.1 Å². The first-order valence-corrected chi connectivity index (χ1v) is 7.36. The maximum Gasteiger partial charge on any atom is 0.260 e. The number of carbonyl (C=O) groups excluding carboxylic acids is 1. The summed E-state index contributed by atoms with van der Waals surface area (Å²) in [5.41, 5.74) is 0. The molecular weight excluding hydrogens is 299 g/mol. The molecule has 1 amide bonds. The molecule has 0 saturated heterocycles. The third-order valence-corrected chi connectivity index (χ3v) is 2.98. The van der Waals surface area contributed by atoms with E-state index in [9.17, 15) is 9.18 Å². The third-order valence-electron chi connectivity index (χ3n) is 2.98. The van der Waals surface area contributed by atoms with E-state index < -0.39 is 11.9 Å². The van der Waals surface area contributed by atoms with E-state index >= 15 is 0 Å². The second kappa shape index (κ2) is 8.67. The lowest BCUT2D eigenvalue weighted by molar-refractivity contribution is -0.127. The van der Waals surface area contributed by atoms with Crippen LogP contribution in [0.1, 0.15) is 13.3 Å². The average molecular weight is 318 g/mol. The minimum absolute atomic E-state index is 0.245. The molecule has 0 fully saturated rings. The van der Waals surface area contributed by atoms with E-state index in [1.54, 1.807) is 31.5 Å². The number of benzene rings is 1. The minimum Gasteiger partial charge on any atom is -0.481 e. The third kappa shape index (κ3) is 5.90. The van der Waals surface area contributed by atoms with Crippen LogP contribution in [-0.2, 0) is 4.79 Å². The molecule has 0 aliphatic carbocycles. The number of halogens is 1. The molecule has 2 N–H and O–H groups in total. The highest BCUT2D eigenvalue weighted by Crippen LogP contribution is 2.13. The van der Waals surface area contributed by atoms with E-state index in [1.807, 2.05) is 0 Å². The highest BCUT2D eigenvalue weighted by atomic mass is 19.1. The molecule has 0 bridgehead atoms. The summed E-state index contributed by atoms with van der Waals surface area (Å²) >= 11 is 0. The zero-order valence-electron chi connectivity index (χ0n) is 12.8. The number of aromatic nitrogens is 2. The van der Waals surface area contributed by atoms with E-state index in [0.29, 0.717) is 24.8 Å². The van der Waals surface area contributed by atoms with E-state index in [-0.39, 0.29) is 5.91 Å². The minimum atomic E-state index is -0.692. The van der Waals surface area contributed by atoms with Crippen LogP contribution in [0.2, 0.25) is 0 Å². The van der Waals surface area contributed by atoms with Crippen molar-refractivity contribution in [1.29, 1.82) is 0 Å². The Hall–Kier alpha value is -2.70. The number of nitrogens with one attached hydrogen (secondary N) is 2. The van der Waals surface area contributed by atoms with E-state index in [0.717, 1.165) is 6.42 Å². The van der Waals surface area contributed by atoms with Crippen LogP contribution in [0, 0.1) is 5.82 Å². The molecule has 0 aliphatic rings. The summed E-state index contributed by atoms with van der Waals surface area (Å²) < 4.78 is 18.4. The monoisotopic (exact) mass is 318 g/mol. The van der Waals surface area contributed by atoms with E-state index in [4.69, 9.17) is 4.74 Å². The van der Waals surface area contributed by atoms with Gasteiger partial charge in [-0.1, -0.05) is 6.07 Å². The summed E-state index contributed by atoms with van der Waals surface area (Å²) in [5.74, 6) is 0.242. The van der Waals surface area contributed by atoms with Crippen molar-refractivity contribution in [2.45, 2.75) is 19.4 Å². The van der Waals surface area contributed by atoms with Crippen molar-refractivity contribution in [2.75, 3.05) is 18.4 Å². The highest BCUT2D eigenvalue weighted by Gasteiger charge is 2.14. The first-order valence-electron chi connectivity index (χ1n) is 7.36. The maximum atomic E-state index is 13.0. The molecule has 1 atom stereocenters. The van der Waals surface area contributed by atoms with Crippen molar-refractivity contribution < 1.29 is 13.9 Å². The van der Waals surface area contributed by atoms with Crippen LogP contribution in [0.5, 0.6) is 5.75 Å². The second-order valence-electron chi connectivity index (χ2n) is 4.86. The van der Waals surface area contributed by atoms with Gasteiger partial charge < -0.3 is 15.4 Å². The van der Waals surface area contributed by atoms with Gasteiger partial charge >= 0.3 is 0 Å². The predicted molar refractivity (Wildman–Crippen MR) is 84.6 cm³/mol. The van der Waals surface area contributed by atoms with Gasteiger partial charge in [-0.15, -0.1) is 0 Å². The molecule has 0 spiro atoms. The molecule has 0 radical (unpaired) electrons. The van der Waals surface area contributed by atoms with Gasteiger partial charge in [0.05, 0.1) is 0 Å². The molecule has 6 nitrogen and oxygen atoms in total. The van der Waals surface area contributed by atoms with Crippen molar-refractivity contribution in [3.8, 4) is 5.75 Å². The fourth-order valence-corrected chi connectivity index (χ4v) is 1.83. The molecular formula is C16H19FN4O2. The summed E-state index contributed by atoms with van der Waals surface area (Å²) in [6.45, 7) is 2.76. The first kappa shape index (κ1) is 16.7. The average Bonchev–Trinajstić information content (AvgIpc) is 2.55. The van der Waals surface area contributed by atoms with Crippen molar-refractivity contribution in [2.24, 2.45) is 0 Å². The van der Waals surface area contributed by atoms with Crippen LogP contribution in [0.3, 0.4) is 0 Å². The van der Waals surface area contributed by atoms with Gasteiger partial charge in [-0.2, -0.15) is 0 Å². The zero-order chi connectivity index (χ0) is 16.5. The van der Waals surface area contributed by atoms with Crippen LogP contribution in [-0.4, -0.2) is 35.1 Å². The number of nitrogens with zero attached hydrogens (tertiary/aromatic N) is 2. The van der Waals surface area contributed by atoms with Gasteiger partial charge in [0.25, 0.3) is 5.91 Å². The lowest BCUT2D eigenvalue weighted by Crippen LogP contribution is -2.37. The van der Waals surface area contributed by atoms with Crippen LogP contribution in [0.15, 0.2) is 42.7 Å². The smallest absolute Gasteiger partial charge is 0.260 e. The van der Waals surface area contributed by atoms with Gasteiger partial charge in [0.1, 0.15) is 11.6 Å². The molecule has 0 aliphatic heterocycles. The van der Waals surface area contributed by atoms with Crippen molar-refractivity contribution in [3.05, 3.63) is 48.5 Å². The van der Waals surface area contributed by atoms with Crippen molar-refractivity contribution in [1.82, 2.24) is 15.3 Å². The number of anilines is 1. The molecule has 2 aromatic rings. The Morgan fingerprint density at radius 1 is 1.26 bits per heavy atom. The predicted octanol–water partition coefficient (Wildman–Crippen LogP) is 2.00. The lowest BCUT2D eigenvalue weighted by atomic mass is 10.3. The number of hydrogen-bond donors (Lipinski definition) is 2. The summed E-state index contributed by atoms with van der Waals surface area (Å²) in [6.07, 6.45) is 3.34. The molecule has 23 heavy (non-hydrogen) atoms. The Labute approximate surface area is 134 Å². The first-order chi connectivity index (χ1) is 11.1. The molecule has 7 heteroatoms. The van der Waals surface area contributed by atoms with Crippen LogP contribution >= 0.6 is 0 Å². The van der Waals surface area contributed by atoms with Gasteiger partial charge in [-0.3, -0.25) is 4.79 Å². The quantitative estimate of drug-likeness (QED) is 0.728. The molecule has 2 rings (SSSR count). The second-order valence-corrected chi connectivity index (χ2v) is 4.86. The summed E-state index contributed by atoms with van der Waals surface area (Å²) in [4.78, 5) is 20.0. The number of rotatable bonds is 8. The van der Waals surface area contributed by atoms with Gasteiger partial charge in [0.15, 0.2) is 6.10 Å². The van der Waals surface area contributed by atoms with E-state index in [2.05, 4.69) is 20.6 Å². The number of ether oxygens (including phenoxy) is 1.